The molecule has 2 aromatic heterocycles. The molecule has 0 aliphatic rings. The number of para-hydroxylation sites is 1. The fourth-order valence-electron chi connectivity index (χ4n) is 1.72. The average Bonchev–Trinajstić information content (AvgIpc) is 2.45. The van der Waals surface area contributed by atoms with E-state index in [2.05, 4.69) is 9.97 Å². The maximum Gasteiger partial charge on any atom is 0.363 e. The Hall–Kier alpha value is -2.89. The van der Waals surface area contributed by atoms with Crippen LogP contribution in [0.25, 0.3) is 11.0 Å². The van der Waals surface area contributed by atoms with Crippen molar-refractivity contribution in [2.45, 2.75) is 0 Å². The molecule has 0 saturated heterocycles. The van der Waals surface area contributed by atoms with Gasteiger partial charge >= 0.3 is 5.69 Å². The number of rotatable bonds is 2. The number of aromatic nitrogens is 3. The first kappa shape index (κ1) is 11.2. The number of hydrogen-bond donors (Lipinski definition) is 1. The van der Waals surface area contributed by atoms with Gasteiger partial charge in [-0.15, -0.1) is 4.73 Å². The Labute approximate surface area is 106 Å². The third kappa shape index (κ3) is 1.99. The first-order valence-electron chi connectivity index (χ1n) is 5.59. The summed E-state index contributed by atoms with van der Waals surface area (Å²) in [7, 11) is 0. The standard InChI is InChI=1S/C13H9N3O3/c17-12-10-7-4-8-14-11(10)16(13(18)15-12)19-9-5-2-1-3-6-9/h1-8H,(H,15,17,18). The van der Waals surface area contributed by atoms with Gasteiger partial charge in [-0.1, -0.05) is 18.2 Å². The molecule has 6 heteroatoms. The molecule has 0 saturated carbocycles. The van der Waals surface area contributed by atoms with E-state index in [1.165, 1.54) is 6.20 Å². The summed E-state index contributed by atoms with van der Waals surface area (Å²) in [6.45, 7) is 0. The summed E-state index contributed by atoms with van der Waals surface area (Å²) in [4.78, 5) is 35.1. The highest BCUT2D eigenvalue weighted by molar-refractivity contribution is 5.72. The first-order valence-corrected chi connectivity index (χ1v) is 5.59. The third-order valence-electron chi connectivity index (χ3n) is 2.57. The topological polar surface area (TPSA) is 77.0 Å². The van der Waals surface area contributed by atoms with Gasteiger partial charge in [-0.05, 0) is 24.3 Å². The second-order valence-electron chi connectivity index (χ2n) is 3.83. The molecule has 3 rings (SSSR count). The van der Waals surface area contributed by atoms with Crippen LogP contribution in [0.1, 0.15) is 0 Å². The molecule has 2 heterocycles. The Balaban J connectivity index is 2.24. The molecule has 19 heavy (non-hydrogen) atoms. The molecule has 94 valence electrons. The van der Waals surface area contributed by atoms with Crippen molar-refractivity contribution in [3.63, 3.8) is 0 Å². The second-order valence-corrected chi connectivity index (χ2v) is 3.83. The van der Waals surface area contributed by atoms with Crippen molar-refractivity contribution < 1.29 is 4.84 Å². The van der Waals surface area contributed by atoms with Gasteiger partial charge in [0.1, 0.15) is 0 Å². The van der Waals surface area contributed by atoms with Gasteiger partial charge in [0.05, 0.1) is 5.39 Å². The Kier molecular flexibility index (Phi) is 2.60. The molecule has 0 radical (unpaired) electrons. The van der Waals surface area contributed by atoms with E-state index in [4.69, 9.17) is 4.84 Å². The molecule has 1 aromatic carbocycles. The number of fused-ring (bicyclic) bond motifs is 1. The van der Waals surface area contributed by atoms with Gasteiger partial charge in [-0.3, -0.25) is 9.78 Å². The minimum Gasteiger partial charge on any atom is -0.369 e. The van der Waals surface area contributed by atoms with Crippen LogP contribution in [-0.2, 0) is 0 Å². The van der Waals surface area contributed by atoms with Crippen molar-refractivity contribution in [2.75, 3.05) is 0 Å². The van der Waals surface area contributed by atoms with Crippen LogP contribution in [0, 0.1) is 0 Å². The van der Waals surface area contributed by atoms with Crippen LogP contribution in [0.4, 0.5) is 0 Å². The molecular formula is C13H9N3O3. The van der Waals surface area contributed by atoms with E-state index < -0.39 is 11.2 Å². The number of nitrogens with one attached hydrogen (secondary N) is 1. The predicted octanol–water partition coefficient (Wildman–Crippen LogP) is 0.927. The highest BCUT2D eigenvalue weighted by Gasteiger charge is 2.09. The lowest BCUT2D eigenvalue weighted by atomic mass is 10.3. The Morgan fingerprint density at radius 3 is 2.63 bits per heavy atom. The lowest BCUT2D eigenvalue weighted by Crippen LogP contribution is -2.33. The largest absolute Gasteiger partial charge is 0.369 e. The van der Waals surface area contributed by atoms with Crippen molar-refractivity contribution in [3.8, 4) is 5.75 Å². The summed E-state index contributed by atoms with van der Waals surface area (Å²) < 4.78 is 0.964. The Morgan fingerprint density at radius 1 is 1.05 bits per heavy atom. The summed E-state index contributed by atoms with van der Waals surface area (Å²) in [6, 6.07) is 12.0. The molecule has 0 aliphatic carbocycles. The molecule has 0 atom stereocenters. The van der Waals surface area contributed by atoms with E-state index in [1.54, 1.807) is 36.4 Å². The number of benzene rings is 1. The van der Waals surface area contributed by atoms with E-state index in [-0.39, 0.29) is 11.0 Å². The van der Waals surface area contributed by atoms with E-state index in [9.17, 15) is 9.59 Å². The number of pyridine rings is 1. The molecule has 0 unspecified atom stereocenters. The van der Waals surface area contributed by atoms with Gasteiger partial charge < -0.3 is 4.84 Å². The van der Waals surface area contributed by atoms with E-state index >= 15 is 0 Å². The highest BCUT2D eigenvalue weighted by Crippen LogP contribution is 2.10. The van der Waals surface area contributed by atoms with Crippen LogP contribution < -0.4 is 16.1 Å². The van der Waals surface area contributed by atoms with Crippen molar-refractivity contribution in [3.05, 3.63) is 69.5 Å². The Bertz CT molecular complexity index is 837. The van der Waals surface area contributed by atoms with Gasteiger partial charge in [0.2, 0.25) is 0 Å². The van der Waals surface area contributed by atoms with Crippen LogP contribution in [0.3, 0.4) is 0 Å². The van der Waals surface area contributed by atoms with Crippen molar-refractivity contribution >= 4 is 11.0 Å². The summed E-state index contributed by atoms with van der Waals surface area (Å²) in [5.41, 5.74) is -0.971. The lowest BCUT2D eigenvalue weighted by Gasteiger charge is -2.08. The van der Waals surface area contributed by atoms with Crippen LogP contribution in [-0.4, -0.2) is 14.7 Å². The third-order valence-corrected chi connectivity index (χ3v) is 2.57. The molecule has 0 fully saturated rings. The molecule has 0 spiro atoms. The van der Waals surface area contributed by atoms with Gasteiger partial charge in [0.25, 0.3) is 5.56 Å². The smallest absolute Gasteiger partial charge is 0.363 e. The van der Waals surface area contributed by atoms with Gasteiger partial charge in [0.15, 0.2) is 11.4 Å². The average molecular weight is 255 g/mol. The normalized spacial score (nSPS) is 10.5. The Morgan fingerprint density at radius 2 is 1.84 bits per heavy atom. The summed E-state index contributed by atoms with van der Waals surface area (Å²) in [6.07, 6.45) is 1.49. The molecule has 1 N–H and O–H groups in total. The number of aromatic amines is 1. The molecule has 3 aromatic rings. The summed E-state index contributed by atoms with van der Waals surface area (Å²) in [5.74, 6) is 0.476. The van der Waals surface area contributed by atoms with Crippen LogP contribution in [0.5, 0.6) is 5.75 Å². The zero-order chi connectivity index (χ0) is 13.2. The van der Waals surface area contributed by atoms with Gasteiger partial charge in [-0.25, -0.2) is 9.78 Å². The van der Waals surface area contributed by atoms with Crippen LogP contribution in [0.15, 0.2) is 58.3 Å². The van der Waals surface area contributed by atoms with E-state index in [0.717, 1.165) is 4.73 Å². The highest BCUT2D eigenvalue weighted by atomic mass is 16.7. The maximum atomic E-state index is 11.8. The number of H-pyrrole nitrogens is 1. The summed E-state index contributed by atoms with van der Waals surface area (Å²) in [5, 5.41) is 0.290. The van der Waals surface area contributed by atoms with Gasteiger partial charge in [0, 0.05) is 6.20 Å². The summed E-state index contributed by atoms with van der Waals surface area (Å²) >= 11 is 0. The molecule has 0 aliphatic heterocycles. The number of hydrogen-bond acceptors (Lipinski definition) is 4. The van der Waals surface area contributed by atoms with Crippen LogP contribution in [0.2, 0.25) is 0 Å². The van der Waals surface area contributed by atoms with Crippen molar-refractivity contribution in [1.82, 2.24) is 14.7 Å². The fraction of sp³-hybridized carbons (Fsp3) is 0. The van der Waals surface area contributed by atoms with Crippen LogP contribution >= 0.6 is 0 Å². The molecular weight excluding hydrogens is 246 g/mol. The fourth-order valence-corrected chi connectivity index (χ4v) is 1.72. The minimum absolute atomic E-state index is 0.181. The van der Waals surface area contributed by atoms with E-state index in [1.807, 2.05) is 6.07 Å². The second kappa shape index (κ2) is 4.41. The molecule has 0 bridgehead atoms. The molecule has 0 amide bonds. The maximum absolute atomic E-state index is 11.8. The van der Waals surface area contributed by atoms with Gasteiger partial charge in [-0.2, -0.15) is 0 Å². The van der Waals surface area contributed by atoms with E-state index in [0.29, 0.717) is 5.75 Å². The van der Waals surface area contributed by atoms with Crippen molar-refractivity contribution in [1.29, 1.82) is 0 Å². The number of nitrogens with zero attached hydrogens (tertiary/aromatic N) is 2. The zero-order valence-corrected chi connectivity index (χ0v) is 9.74. The quantitative estimate of drug-likeness (QED) is 0.739. The van der Waals surface area contributed by atoms with Crippen molar-refractivity contribution in [2.24, 2.45) is 0 Å². The minimum atomic E-state index is -0.667. The first-order chi connectivity index (χ1) is 9.25. The lowest BCUT2D eigenvalue weighted by molar-refractivity contribution is 0.211. The zero-order valence-electron chi connectivity index (χ0n) is 9.74. The predicted molar refractivity (Wildman–Crippen MR) is 69.1 cm³/mol. The monoisotopic (exact) mass is 255 g/mol. The SMILES string of the molecule is O=c1[nH]c(=O)n(Oc2ccccc2)c2ncccc12. The molecule has 6 nitrogen and oxygen atoms in total.